The Hall–Kier alpha value is -2.24. The molecule has 0 saturated heterocycles. The molecule has 6 heteroatoms. The van der Waals surface area contributed by atoms with E-state index in [9.17, 15) is 9.59 Å². The number of carbonyl (C=O) groups excluding carboxylic acids is 2. The van der Waals surface area contributed by atoms with Crippen LogP contribution in [0.15, 0.2) is 18.2 Å². The summed E-state index contributed by atoms with van der Waals surface area (Å²) in [5.41, 5.74) is 12.0. The summed E-state index contributed by atoms with van der Waals surface area (Å²) >= 11 is 0. The van der Waals surface area contributed by atoms with E-state index >= 15 is 0 Å². The number of nitrogen functional groups attached to an aromatic ring is 1. The van der Waals surface area contributed by atoms with Crippen LogP contribution < -0.4 is 16.8 Å². The highest BCUT2D eigenvalue weighted by Crippen LogP contribution is 2.17. The number of nitrogens with one attached hydrogen (secondary N) is 1. The van der Waals surface area contributed by atoms with E-state index in [0.717, 1.165) is 0 Å². The molecule has 0 heterocycles. The molecule has 6 nitrogen and oxygen atoms in total. The summed E-state index contributed by atoms with van der Waals surface area (Å²) in [6.45, 7) is 2.70. The second-order valence-electron chi connectivity index (χ2n) is 3.93. The van der Waals surface area contributed by atoms with E-state index in [2.05, 4.69) is 5.32 Å². The van der Waals surface area contributed by atoms with Crippen molar-refractivity contribution in [2.75, 3.05) is 31.2 Å². The van der Waals surface area contributed by atoms with Gasteiger partial charge in [-0.3, -0.25) is 9.59 Å². The summed E-state index contributed by atoms with van der Waals surface area (Å²) in [5.74, 6) is -0.622. The molecule has 0 aromatic heterocycles. The summed E-state index contributed by atoms with van der Waals surface area (Å²) in [7, 11) is 1.72. The molecule has 98 valence electrons. The van der Waals surface area contributed by atoms with Crippen molar-refractivity contribution in [2.45, 2.75) is 6.92 Å². The van der Waals surface area contributed by atoms with Crippen LogP contribution in [0.25, 0.3) is 0 Å². The number of benzene rings is 1. The molecule has 0 bridgehead atoms. The van der Waals surface area contributed by atoms with Gasteiger partial charge in [-0.25, -0.2) is 0 Å². The predicted molar refractivity (Wildman–Crippen MR) is 71.2 cm³/mol. The van der Waals surface area contributed by atoms with Crippen molar-refractivity contribution in [2.24, 2.45) is 5.73 Å². The topological polar surface area (TPSA) is 101 Å². The van der Waals surface area contributed by atoms with Crippen molar-refractivity contribution in [3.8, 4) is 0 Å². The van der Waals surface area contributed by atoms with E-state index in [1.54, 1.807) is 24.1 Å². The van der Waals surface area contributed by atoms with Gasteiger partial charge in [0.25, 0.3) is 5.91 Å². The van der Waals surface area contributed by atoms with Crippen molar-refractivity contribution in [3.05, 3.63) is 23.8 Å². The Morgan fingerprint density at radius 2 is 2.06 bits per heavy atom. The van der Waals surface area contributed by atoms with Crippen molar-refractivity contribution in [3.63, 3.8) is 0 Å². The van der Waals surface area contributed by atoms with Gasteiger partial charge >= 0.3 is 0 Å². The van der Waals surface area contributed by atoms with Crippen molar-refractivity contribution in [1.82, 2.24) is 4.90 Å². The molecule has 5 N–H and O–H groups in total. The first-order valence-corrected chi connectivity index (χ1v) is 5.62. The normalized spacial score (nSPS) is 9.89. The van der Waals surface area contributed by atoms with Gasteiger partial charge in [0.05, 0.1) is 12.1 Å². The lowest BCUT2D eigenvalue weighted by molar-refractivity contribution is -0.127. The zero-order valence-corrected chi connectivity index (χ0v) is 10.6. The van der Waals surface area contributed by atoms with Crippen molar-refractivity contribution < 1.29 is 9.59 Å². The second-order valence-corrected chi connectivity index (χ2v) is 3.93. The molecule has 2 amide bonds. The Kier molecular flexibility index (Phi) is 4.53. The van der Waals surface area contributed by atoms with Crippen molar-refractivity contribution in [1.29, 1.82) is 0 Å². The standard InChI is InChI=1S/C12H18N4O2/c1-3-16(2)11(17)7-15-8-4-5-10(13)9(6-8)12(14)18/h4-6,15H,3,7,13H2,1-2H3,(H2,14,18). The van der Waals surface area contributed by atoms with Gasteiger partial charge in [-0.2, -0.15) is 0 Å². The van der Waals surface area contributed by atoms with Crippen LogP contribution in [0.5, 0.6) is 0 Å². The van der Waals surface area contributed by atoms with Gasteiger partial charge in [0.1, 0.15) is 0 Å². The number of anilines is 2. The molecule has 0 aliphatic heterocycles. The summed E-state index contributed by atoms with van der Waals surface area (Å²) in [6.07, 6.45) is 0. The van der Waals surface area contributed by atoms with E-state index in [4.69, 9.17) is 11.5 Å². The Morgan fingerprint density at radius 3 is 2.61 bits per heavy atom. The van der Waals surface area contributed by atoms with Crippen LogP contribution in [0.2, 0.25) is 0 Å². The van der Waals surface area contributed by atoms with Crippen LogP contribution in [0.1, 0.15) is 17.3 Å². The van der Waals surface area contributed by atoms with Crippen molar-refractivity contribution >= 4 is 23.2 Å². The summed E-state index contributed by atoms with van der Waals surface area (Å²) in [6, 6.07) is 4.81. The smallest absolute Gasteiger partial charge is 0.250 e. The minimum atomic E-state index is -0.590. The fourth-order valence-electron chi connectivity index (χ4n) is 1.37. The maximum Gasteiger partial charge on any atom is 0.250 e. The highest BCUT2D eigenvalue weighted by Gasteiger charge is 2.09. The van der Waals surface area contributed by atoms with Crippen LogP contribution >= 0.6 is 0 Å². The quantitative estimate of drug-likeness (QED) is 0.652. The number of nitrogens with two attached hydrogens (primary N) is 2. The molecule has 0 aliphatic carbocycles. The highest BCUT2D eigenvalue weighted by atomic mass is 16.2. The number of primary amides is 1. The largest absolute Gasteiger partial charge is 0.398 e. The Bertz CT molecular complexity index is 459. The van der Waals surface area contributed by atoms with Crippen LogP contribution in [-0.4, -0.2) is 36.9 Å². The fourth-order valence-corrected chi connectivity index (χ4v) is 1.37. The molecule has 0 spiro atoms. The average Bonchev–Trinajstić information content (AvgIpc) is 2.36. The van der Waals surface area contributed by atoms with Gasteiger partial charge in [-0.15, -0.1) is 0 Å². The van der Waals surface area contributed by atoms with Crippen LogP contribution in [0.4, 0.5) is 11.4 Å². The lowest BCUT2D eigenvalue weighted by Gasteiger charge is -2.15. The van der Waals surface area contributed by atoms with Gasteiger partial charge < -0.3 is 21.7 Å². The van der Waals surface area contributed by atoms with E-state index in [1.807, 2.05) is 6.92 Å². The Labute approximate surface area is 106 Å². The maximum atomic E-state index is 11.6. The summed E-state index contributed by atoms with van der Waals surface area (Å²) < 4.78 is 0. The van der Waals surface area contributed by atoms with Gasteiger partial charge in [-0.1, -0.05) is 0 Å². The number of hydrogen-bond acceptors (Lipinski definition) is 4. The summed E-state index contributed by atoms with van der Waals surface area (Å²) in [5, 5.41) is 2.93. The molecule has 0 radical (unpaired) electrons. The highest BCUT2D eigenvalue weighted by molar-refractivity contribution is 5.99. The molecule has 0 saturated carbocycles. The third-order valence-electron chi connectivity index (χ3n) is 2.66. The first-order chi connectivity index (χ1) is 8.45. The van der Waals surface area contributed by atoms with E-state index in [0.29, 0.717) is 17.9 Å². The number of rotatable bonds is 5. The minimum absolute atomic E-state index is 0.0325. The van der Waals surface area contributed by atoms with Crippen LogP contribution in [-0.2, 0) is 4.79 Å². The van der Waals surface area contributed by atoms with Crippen LogP contribution in [0.3, 0.4) is 0 Å². The molecule has 0 fully saturated rings. The number of likely N-dealkylation sites (N-methyl/N-ethyl adjacent to an activating group) is 1. The zero-order chi connectivity index (χ0) is 13.7. The number of nitrogens with zero attached hydrogens (tertiary/aromatic N) is 1. The molecule has 0 unspecified atom stereocenters. The number of hydrogen-bond donors (Lipinski definition) is 3. The predicted octanol–water partition coefficient (Wildman–Crippen LogP) is 0.258. The third kappa shape index (κ3) is 3.38. The van der Waals surface area contributed by atoms with Gasteiger partial charge in [-0.05, 0) is 25.1 Å². The van der Waals surface area contributed by atoms with Crippen LogP contribution in [0, 0.1) is 0 Å². The summed E-state index contributed by atoms with van der Waals surface area (Å²) in [4.78, 5) is 24.3. The molecule has 0 atom stereocenters. The van der Waals surface area contributed by atoms with E-state index in [1.165, 1.54) is 6.07 Å². The monoisotopic (exact) mass is 250 g/mol. The van der Waals surface area contributed by atoms with E-state index in [-0.39, 0.29) is 18.0 Å². The van der Waals surface area contributed by atoms with Gasteiger partial charge in [0.15, 0.2) is 0 Å². The molecule has 18 heavy (non-hydrogen) atoms. The molecular weight excluding hydrogens is 232 g/mol. The first kappa shape index (κ1) is 13.8. The van der Waals surface area contributed by atoms with Gasteiger partial charge in [0, 0.05) is 25.0 Å². The number of carbonyl (C=O) groups is 2. The molecule has 1 aromatic rings. The maximum absolute atomic E-state index is 11.6. The lowest BCUT2D eigenvalue weighted by atomic mass is 10.1. The lowest BCUT2D eigenvalue weighted by Crippen LogP contribution is -2.31. The minimum Gasteiger partial charge on any atom is -0.398 e. The SMILES string of the molecule is CCN(C)C(=O)CNc1ccc(N)c(C(N)=O)c1. The van der Waals surface area contributed by atoms with Gasteiger partial charge in [0.2, 0.25) is 5.91 Å². The number of amides is 2. The first-order valence-electron chi connectivity index (χ1n) is 5.62. The van der Waals surface area contributed by atoms with E-state index < -0.39 is 5.91 Å². The Balaban J connectivity index is 2.72. The Morgan fingerprint density at radius 1 is 1.39 bits per heavy atom. The molecule has 1 aromatic carbocycles. The molecule has 1 rings (SSSR count). The fraction of sp³-hybridized carbons (Fsp3) is 0.333. The molecular formula is C12H18N4O2. The zero-order valence-electron chi connectivity index (χ0n) is 10.6. The third-order valence-corrected chi connectivity index (χ3v) is 2.66. The molecule has 0 aliphatic rings. The second kappa shape index (κ2) is 5.90. The average molecular weight is 250 g/mol.